The third kappa shape index (κ3) is 3.43. The third-order valence-electron chi connectivity index (χ3n) is 5.36. The van der Waals surface area contributed by atoms with Crippen LogP contribution in [0, 0.1) is 13.8 Å². The van der Waals surface area contributed by atoms with Crippen LogP contribution in [0.1, 0.15) is 22.7 Å². The second-order valence-electron chi connectivity index (χ2n) is 7.27. The zero-order chi connectivity index (χ0) is 19.7. The summed E-state index contributed by atoms with van der Waals surface area (Å²) in [5.41, 5.74) is 4.40. The van der Waals surface area contributed by atoms with Crippen LogP contribution in [0.4, 0.5) is 5.69 Å². The summed E-state index contributed by atoms with van der Waals surface area (Å²) in [5, 5.41) is 0. The number of para-hydroxylation sites is 1. The van der Waals surface area contributed by atoms with Crippen molar-refractivity contribution in [2.45, 2.75) is 24.8 Å². The van der Waals surface area contributed by atoms with E-state index in [9.17, 15) is 8.42 Å². The van der Waals surface area contributed by atoms with Gasteiger partial charge in [0.25, 0.3) is 0 Å². The summed E-state index contributed by atoms with van der Waals surface area (Å²) in [6.45, 7) is 4.79. The van der Waals surface area contributed by atoms with Gasteiger partial charge in [-0.05, 0) is 49.2 Å². The van der Waals surface area contributed by atoms with Gasteiger partial charge >= 0.3 is 0 Å². The quantitative estimate of drug-likeness (QED) is 0.656. The van der Waals surface area contributed by atoms with E-state index in [1.54, 1.807) is 16.4 Å². The highest BCUT2D eigenvalue weighted by Gasteiger charge is 2.39. The Morgan fingerprint density at radius 1 is 0.821 bits per heavy atom. The molecule has 1 aliphatic rings. The molecule has 0 spiro atoms. The molecule has 28 heavy (non-hydrogen) atoms. The van der Waals surface area contributed by atoms with Crippen LogP contribution in [0.5, 0.6) is 0 Å². The largest absolute Gasteiger partial charge is 0.349 e. The van der Waals surface area contributed by atoms with E-state index in [-0.39, 0.29) is 6.04 Å². The van der Waals surface area contributed by atoms with Crippen molar-refractivity contribution in [1.29, 1.82) is 0 Å². The number of benzene rings is 3. The Bertz CT molecular complexity index is 1060. The molecule has 4 nitrogen and oxygen atoms in total. The zero-order valence-electron chi connectivity index (χ0n) is 16.1. The van der Waals surface area contributed by atoms with E-state index in [2.05, 4.69) is 24.0 Å². The summed E-state index contributed by atoms with van der Waals surface area (Å²) in [6, 6.07) is 25.3. The molecule has 5 heteroatoms. The van der Waals surface area contributed by atoms with Crippen molar-refractivity contribution in [3.8, 4) is 0 Å². The molecule has 0 radical (unpaired) electrons. The lowest BCUT2D eigenvalue weighted by atomic mass is 10.0. The molecule has 144 valence electrons. The van der Waals surface area contributed by atoms with Crippen LogP contribution in [0.3, 0.4) is 0 Å². The molecule has 1 heterocycles. The fourth-order valence-electron chi connectivity index (χ4n) is 3.76. The fourth-order valence-corrected chi connectivity index (χ4v) is 5.15. The van der Waals surface area contributed by atoms with Crippen LogP contribution in [0.2, 0.25) is 0 Å². The Balaban J connectivity index is 1.74. The molecule has 3 aromatic rings. The van der Waals surface area contributed by atoms with Crippen molar-refractivity contribution in [3.05, 3.63) is 95.6 Å². The van der Waals surface area contributed by atoms with Crippen LogP contribution in [-0.2, 0) is 10.0 Å². The molecule has 0 amide bonds. The van der Waals surface area contributed by atoms with Crippen LogP contribution < -0.4 is 4.90 Å². The van der Waals surface area contributed by atoms with Crippen molar-refractivity contribution in [2.24, 2.45) is 0 Å². The summed E-state index contributed by atoms with van der Waals surface area (Å²) in [7, 11) is -3.56. The maximum Gasteiger partial charge on any atom is 0.244 e. The van der Waals surface area contributed by atoms with Gasteiger partial charge in [0.15, 0.2) is 0 Å². The van der Waals surface area contributed by atoms with E-state index in [0.717, 1.165) is 16.8 Å². The molecule has 1 unspecified atom stereocenters. The normalized spacial score (nSPS) is 17.8. The monoisotopic (exact) mass is 392 g/mol. The average Bonchev–Trinajstić information content (AvgIpc) is 3.15. The van der Waals surface area contributed by atoms with Crippen LogP contribution in [-0.4, -0.2) is 25.9 Å². The first-order valence-corrected chi connectivity index (χ1v) is 10.8. The highest BCUT2D eigenvalue weighted by Crippen LogP contribution is 2.36. The van der Waals surface area contributed by atoms with E-state index in [4.69, 9.17) is 0 Å². The second kappa shape index (κ2) is 7.41. The minimum absolute atomic E-state index is 0.0242. The van der Waals surface area contributed by atoms with Crippen molar-refractivity contribution in [2.75, 3.05) is 18.1 Å². The van der Waals surface area contributed by atoms with Gasteiger partial charge < -0.3 is 4.90 Å². The van der Waals surface area contributed by atoms with Crippen LogP contribution in [0.15, 0.2) is 83.8 Å². The van der Waals surface area contributed by atoms with Gasteiger partial charge in [-0.1, -0.05) is 60.2 Å². The second-order valence-corrected chi connectivity index (χ2v) is 9.21. The minimum atomic E-state index is -3.56. The lowest BCUT2D eigenvalue weighted by molar-refractivity contribution is 0.472. The lowest BCUT2D eigenvalue weighted by Crippen LogP contribution is -2.31. The first-order chi connectivity index (χ1) is 13.5. The Labute approximate surface area is 167 Å². The summed E-state index contributed by atoms with van der Waals surface area (Å²) in [6.07, 6.45) is 0. The number of sulfonamides is 1. The number of aryl methyl sites for hydroxylation is 2. The van der Waals surface area contributed by atoms with Gasteiger partial charge in [-0.15, -0.1) is 0 Å². The standard InChI is InChI=1S/C23H24N2O2S/c1-18-12-14-21(15-13-18)28(26,27)24-16-23(22-11-7-6-8-19(22)2)25(17-24)20-9-4-3-5-10-20/h3-15,23H,16-17H2,1-2H3. The van der Waals surface area contributed by atoms with Gasteiger partial charge in [0.1, 0.15) is 0 Å². The third-order valence-corrected chi connectivity index (χ3v) is 7.17. The number of rotatable bonds is 4. The first kappa shape index (κ1) is 18.7. The first-order valence-electron chi connectivity index (χ1n) is 9.41. The minimum Gasteiger partial charge on any atom is -0.349 e. The van der Waals surface area contributed by atoms with Gasteiger partial charge in [-0.25, -0.2) is 8.42 Å². The predicted octanol–water partition coefficient (Wildman–Crippen LogP) is 4.51. The van der Waals surface area contributed by atoms with Gasteiger partial charge in [-0.2, -0.15) is 4.31 Å². The number of nitrogens with zero attached hydrogens (tertiary/aromatic N) is 2. The molecule has 0 aromatic heterocycles. The molecule has 4 rings (SSSR count). The van der Waals surface area contributed by atoms with Crippen molar-refractivity contribution < 1.29 is 8.42 Å². The molecule has 3 aromatic carbocycles. The highest BCUT2D eigenvalue weighted by atomic mass is 32.2. The van der Waals surface area contributed by atoms with Crippen LogP contribution >= 0.6 is 0 Å². The van der Waals surface area contributed by atoms with Gasteiger partial charge in [0, 0.05) is 12.2 Å². The van der Waals surface area contributed by atoms with E-state index >= 15 is 0 Å². The van der Waals surface area contributed by atoms with E-state index in [0.29, 0.717) is 18.1 Å². The summed E-state index contributed by atoms with van der Waals surface area (Å²) in [4.78, 5) is 2.52. The molecule has 0 aliphatic carbocycles. The Hall–Kier alpha value is -2.63. The maximum absolute atomic E-state index is 13.3. The number of hydrogen-bond acceptors (Lipinski definition) is 3. The Morgan fingerprint density at radius 2 is 1.46 bits per heavy atom. The molecule has 0 N–H and O–H groups in total. The molecular weight excluding hydrogens is 368 g/mol. The average molecular weight is 393 g/mol. The number of hydrogen-bond donors (Lipinski definition) is 0. The van der Waals surface area contributed by atoms with Crippen LogP contribution in [0.25, 0.3) is 0 Å². The smallest absolute Gasteiger partial charge is 0.244 e. The topological polar surface area (TPSA) is 40.6 Å². The number of anilines is 1. The molecule has 1 atom stereocenters. The Kier molecular flexibility index (Phi) is 4.96. The molecular formula is C23H24N2O2S. The highest BCUT2D eigenvalue weighted by molar-refractivity contribution is 7.89. The molecule has 1 fully saturated rings. The van der Waals surface area contributed by atoms with E-state index in [1.165, 1.54) is 5.56 Å². The van der Waals surface area contributed by atoms with Crippen molar-refractivity contribution >= 4 is 15.7 Å². The van der Waals surface area contributed by atoms with Gasteiger partial charge in [-0.3, -0.25) is 0 Å². The lowest BCUT2D eigenvalue weighted by Gasteiger charge is -2.27. The summed E-state index contributed by atoms with van der Waals surface area (Å²) >= 11 is 0. The summed E-state index contributed by atoms with van der Waals surface area (Å²) in [5.74, 6) is 0. The van der Waals surface area contributed by atoms with Gasteiger partial charge in [0.2, 0.25) is 10.0 Å². The SMILES string of the molecule is Cc1ccc(S(=O)(=O)N2CC(c3ccccc3C)N(c3ccccc3)C2)cc1. The van der Waals surface area contributed by atoms with Gasteiger partial charge in [0.05, 0.1) is 17.6 Å². The predicted molar refractivity (Wildman–Crippen MR) is 113 cm³/mol. The zero-order valence-corrected chi connectivity index (χ0v) is 16.9. The Morgan fingerprint density at radius 3 is 2.14 bits per heavy atom. The molecule has 1 saturated heterocycles. The molecule has 1 aliphatic heterocycles. The molecule has 0 bridgehead atoms. The van der Waals surface area contributed by atoms with Crippen molar-refractivity contribution in [1.82, 2.24) is 4.31 Å². The molecule has 0 saturated carbocycles. The van der Waals surface area contributed by atoms with E-state index in [1.807, 2.05) is 61.5 Å². The fraction of sp³-hybridized carbons (Fsp3) is 0.217. The maximum atomic E-state index is 13.3. The van der Waals surface area contributed by atoms with E-state index < -0.39 is 10.0 Å². The summed E-state index contributed by atoms with van der Waals surface area (Å²) < 4.78 is 28.2. The van der Waals surface area contributed by atoms with Crippen molar-refractivity contribution in [3.63, 3.8) is 0 Å².